The summed E-state index contributed by atoms with van der Waals surface area (Å²) >= 11 is 0. The Morgan fingerprint density at radius 1 is 1.58 bits per heavy atom. The average molecular weight is 179 g/mol. The maximum atomic E-state index is 12.6. The lowest BCUT2D eigenvalue weighted by Gasteiger charge is -2.18. The Morgan fingerprint density at radius 2 is 2.25 bits per heavy atom. The van der Waals surface area contributed by atoms with Gasteiger partial charge >= 0.3 is 0 Å². The molecule has 0 bridgehead atoms. The molecule has 0 aromatic rings. The van der Waals surface area contributed by atoms with Crippen LogP contribution in [0.2, 0.25) is 0 Å². The zero-order chi connectivity index (χ0) is 9.19. The Bertz CT molecular complexity index is 152. The quantitative estimate of drug-likeness (QED) is 0.701. The zero-order valence-corrected chi connectivity index (χ0v) is 7.26. The van der Waals surface area contributed by atoms with Crippen molar-refractivity contribution in [3.05, 3.63) is 0 Å². The highest BCUT2D eigenvalue weighted by molar-refractivity contribution is 4.82. The molecule has 0 aromatic carbocycles. The molecule has 1 heterocycles. The van der Waals surface area contributed by atoms with Crippen LogP contribution in [0.1, 0.15) is 19.8 Å². The molecule has 0 radical (unpaired) electrons. The lowest BCUT2D eigenvalue weighted by atomic mass is 10.2. The fourth-order valence-corrected chi connectivity index (χ4v) is 1.39. The van der Waals surface area contributed by atoms with Crippen molar-refractivity contribution >= 4 is 0 Å². The molecule has 12 heavy (non-hydrogen) atoms. The molecule has 0 spiro atoms. The fraction of sp³-hybridized carbons (Fsp3) is 1.00. The predicted octanol–water partition coefficient (Wildman–Crippen LogP) is 1.10. The minimum Gasteiger partial charge on any atom is -0.392 e. The van der Waals surface area contributed by atoms with Crippen LogP contribution in [0.4, 0.5) is 8.78 Å². The van der Waals surface area contributed by atoms with Crippen molar-refractivity contribution in [1.82, 2.24) is 4.90 Å². The first kappa shape index (κ1) is 9.86. The summed E-state index contributed by atoms with van der Waals surface area (Å²) in [6, 6.07) is 0. The predicted molar refractivity (Wildman–Crippen MR) is 42.3 cm³/mol. The molecule has 0 saturated carbocycles. The lowest BCUT2D eigenvalue weighted by molar-refractivity contribution is 0.00739. The number of aliphatic hydroxyl groups excluding tert-OH is 1. The maximum absolute atomic E-state index is 12.6. The standard InChI is InChI=1S/C8H15F2NO/c1-2-7(12)5-11-4-3-8(9,10)6-11/h7,12H,2-6H2,1H3/t7-/m0/s1. The van der Waals surface area contributed by atoms with E-state index in [4.69, 9.17) is 0 Å². The van der Waals surface area contributed by atoms with Gasteiger partial charge in [0, 0.05) is 19.5 Å². The van der Waals surface area contributed by atoms with Crippen molar-refractivity contribution in [2.24, 2.45) is 0 Å². The molecule has 4 heteroatoms. The molecule has 1 aliphatic heterocycles. The van der Waals surface area contributed by atoms with Crippen LogP contribution in [-0.4, -0.2) is 41.7 Å². The van der Waals surface area contributed by atoms with E-state index in [0.29, 0.717) is 19.5 Å². The number of nitrogens with zero attached hydrogens (tertiary/aromatic N) is 1. The first-order valence-electron chi connectivity index (χ1n) is 4.32. The molecule has 0 amide bonds. The molecule has 0 unspecified atom stereocenters. The molecular formula is C8H15F2NO. The Kier molecular flexibility index (Phi) is 3.01. The van der Waals surface area contributed by atoms with Gasteiger partial charge in [0.15, 0.2) is 0 Å². The third kappa shape index (κ3) is 2.68. The number of likely N-dealkylation sites (tertiary alicyclic amines) is 1. The van der Waals surface area contributed by atoms with Gasteiger partial charge in [0.05, 0.1) is 12.6 Å². The van der Waals surface area contributed by atoms with E-state index in [9.17, 15) is 13.9 Å². The van der Waals surface area contributed by atoms with E-state index in [1.165, 1.54) is 0 Å². The molecule has 2 nitrogen and oxygen atoms in total. The highest BCUT2D eigenvalue weighted by atomic mass is 19.3. The summed E-state index contributed by atoms with van der Waals surface area (Å²) in [6.45, 7) is 2.44. The largest absolute Gasteiger partial charge is 0.392 e. The fourth-order valence-electron chi connectivity index (χ4n) is 1.39. The van der Waals surface area contributed by atoms with Crippen molar-refractivity contribution in [2.45, 2.75) is 31.8 Å². The number of aliphatic hydroxyl groups is 1. The molecular weight excluding hydrogens is 164 g/mol. The number of hydrogen-bond donors (Lipinski definition) is 1. The Balaban J connectivity index is 2.28. The van der Waals surface area contributed by atoms with Crippen LogP contribution < -0.4 is 0 Å². The summed E-state index contributed by atoms with van der Waals surface area (Å²) in [6.07, 6.45) is 0.102. The Morgan fingerprint density at radius 3 is 2.67 bits per heavy atom. The molecule has 1 N–H and O–H groups in total. The van der Waals surface area contributed by atoms with Crippen molar-refractivity contribution in [1.29, 1.82) is 0 Å². The normalized spacial score (nSPS) is 26.0. The van der Waals surface area contributed by atoms with Gasteiger partial charge in [-0.3, -0.25) is 4.90 Å². The van der Waals surface area contributed by atoms with E-state index in [2.05, 4.69) is 0 Å². The first-order valence-corrected chi connectivity index (χ1v) is 4.32. The van der Waals surface area contributed by atoms with Gasteiger partial charge in [0.25, 0.3) is 5.92 Å². The van der Waals surface area contributed by atoms with Gasteiger partial charge in [0.1, 0.15) is 0 Å². The highest BCUT2D eigenvalue weighted by Crippen LogP contribution is 2.26. The van der Waals surface area contributed by atoms with Crippen molar-refractivity contribution in [2.75, 3.05) is 19.6 Å². The van der Waals surface area contributed by atoms with E-state index in [0.717, 1.165) is 0 Å². The molecule has 0 aromatic heterocycles. The SMILES string of the molecule is CC[C@H](O)CN1CCC(F)(F)C1. The third-order valence-corrected chi connectivity index (χ3v) is 2.19. The third-order valence-electron chi connectivity index (χ3n) is 2.19. The minimum atomic E-state index is -2.53. The topological polar surface area (TPSA) is 23.5 Å². The van der Waals surface area contributed by atoms with E-state index in [1.54, 1.807) is 4.90 Å². The second-order valence-corrected chi connectivity index (χ2v) is 3.40. The molecule has 72 valence electrons. The van der Waals surface area contributed by atoms with Crippen molar-refractivity contribution in [3.8, 4) is 0 Å². The van der Waals surface area contributed by atoms with Crippen LogP contribution in [0.3, 0.4) is 0 Å². The van der Waals surface area contributed by atoms with Gasteiger partial charge in [-0.15, -0.1) is 0 Å². The maximum Gasteiger partial charge on any atom is 0.261 e. The number of hydrogen-bond acceptors (Lipinski definition) is 2. The van der Waals surface area contributed by atoms with Crippen LogP contribution in [0.25, 0.3) is 0 Å². The van der Waals surface area contributed by atoms with Crippen LogP contribution in [0, 0.1) is 0 Å². The van der Waals surface area contributed by atoms with E-state index in [1.807, 2.05) is 6.92 Å². The van der Waals surface area contributed by atoms with Gasteiger partial charge in [-0.05, 0) is 6.42 Å². The smallest absolute Gasteiger partial charge is 0.261 e. The Labute approximate surface area is 71.2 Å². The van der Waals surface area contributed by atoms with Crippen LogP contribution >= 0.6 is 0 Å². The van der Waals surface area contributed by atoms with Crippen molar-refractivity contribution in [3.63, 3.8) is 0 Å². The van der Waals surface area contributed by atoms with Crippen LogP contribution in [-0.2, 0) is 0 Å². The van der Waals surface area contributed by atoms with Gasteiger partial charge in [-0.1, -0.05) is 6.92 Å². The van der Waals surface area contributed by atoms with Gasteiger partial charge in [0.2, 0.25) is 0 Å². The number of rotatable bonds is 3. The highest BCUT2D eigenvalue weighted by Gasteiger charge is 2.38. The summed E-state index contributed by atoms with van der Waals surface area (Å²) in [5.41, 5.74) is 0. The summed E-state index contributed by atoms with van der Waals surface area (Å²) in [4.78, 5) is 1.62. The molecule has 1 atom stereocenters. The first-order chi connectivity index (χ1) is 5.53. The van der Waals surface area contributed by atoms with Crippen LogP contribution in [0.5, 0.6) is 0 Å². The molecule has 1 fully saturated rings. The molecule has 1 saturated heterocycles. The van der Waals surface area contributed by atoms with E-state index >= 15 is 0 Å². The van der Waals surface area contributed by atoms with E-state index in [-0.39, 0.29) is 13.0 Å². The summed E-state index contributed by atoms with van der Waals surface area (Å²) in [5.74, 6) is -2.53. The number of alkyl halides is 2. The molecule has 1 aliphatic rings. The zero-order valence-electron chi connectivity index (χ0n) is 7.26. The Hall–Kier alpha value is -0.220. The van der Waals surface area contributed by atoms with Gasteiger partial charge in [-0.2, -0.15) is 0 Å². The average Bonchev–Trinajstić information content (AvgIpc) is 2.30. The second kappa shape index (κ2) is 3.66. The number of β-amino-alcohol motifs (C(OH)–C–C–N with tert-alkyl or cyclic N) is 1. The summed E-state index contributed by atoms with van der Waals surface area (Å²) in [7, 11) is 0. The molecule has 1 rings (SSSR count). The lowest BCUT2D eigenvalue weighted by Crippen LogP contribution is -2.32. The second-order valence-electron chi connectivity index (χ2n) is 3.40. The van der Waals surface area contributed by atoms with Gasteiger partial charge in [-0.25, -0.2) is 8.78 Å². The minimum absolute atomic E-state index is 0.0660. The van der Waals surface area contributed by atoms with Crippen LogP contribution in [0.15, 0.2) is 0 Å². The number of halogens is 2. The monoisotopic (exact) mass is 179 g/mol. The van der Waals surface area contributed by atoms with Gasteiger partial charge < -0.3 is 5.11 Å². The van der Waals surface area contributed by atoms with E-state index < -0.39 is 12.0 Å². The summed E-state index contributed by atoms with van der Waals surface area (Å²) < 4.78 is 25.3. The summed E-state index contributed by atoms with van der Waals surface area (Å²) in [5, 5.41) is 9.20. The van der Waals surface area contributed by atoms with Crippen molar-refractivity contribution < 1.29 is 13.9 Å². The molecule has 0 aliphatic carbocycles.